The molecule has 22 heavy (non-hydrogen) atoms. The second kappa shape index (κ2) is 8.15. The quantitative estimate of drug-likeness (QED) is 0.797. The highest BCUT2D eigenvalue weighted by Crippen LogP contribution is 2.15. The van der Waals surface area contributed by atoms with Crippen molar-refractivity contribution in [3.05, 3.63) is 29.8 Å². The molecule has 5 nitrogen and oxygen atoms in total. The number of amides is 1. The maximum atomic E-state index is 12.6. The third-order valence-electron chi connectivity index (χ3n) is 3.71. The average Bonchev–Trinajstić information content (AvgIpc) is 2.49. The largest absolute Gasteiger partial charge is 0.494 e. The van der Waals surface area contributed by atoms with Crippen LogP contribution in [0.1, 0.15) is 12.5 Å². The first kappa shape index (κ1) is 16.8. The summed E-state index contributed by atoms with van der Waals surface area (Å²) in [7, 11) is 4.04. The lowest BCUT2D eigenvalue weighted by molar-refractivity contribution is -0.139. The molecule has 1 fully saturated rings. The maximum Gasteiger partial charge on any atom is 0.227 e. The van der Waals surface area contributed by atoms with Gasteiger partial charge < -0.3 is 19.3 Å². The molecule has 5 heteroatoms. The van der Waals surface area contributed by atoms with Gasteiger partial charge >= 0.3 is 0 Å². The molecular weight excluding hydrogens is 280 g/mol. The number of benzene rings is 1. The van der Waals surface area contributed by atoms with Gasteiger partial charge in [0.05, 0.1) is 32.3 Å². The number of nitrogens with zero attached hydrogens (tertiary/aromatic N) is 2. The van der Waals surface area contributed by atoms with E-state index in [1.54, 1.807) is 0 Å². The highest BCUT2D eigenvalue weighted by atomic mass is 16.5. The van der Waals surface area contributed by atoms with Crippen molar-refractivity contribution < 1.29 is 14.3 Å². The van der Waals surface area contributed by atoms with Crippen molar-refractivity contribution in [2.45, 2.75) is 19.4 Å². The van der Waals surface area contributed by atoms with Gasteiger partial charge in [0.2, 0.25) is 5.91 Å². The third kappa shape index (κ3) is 4.71. The van der Waals surface area contributed by atoms with Crippen LogP contribution in [0.4, 0.5) is 0 Å². The van der Waals surface area contributed by atoms with E-state index in [9.17, 15) is 4.79 Å². The van der Waals surface area contributed by atoms with Gasteiger partial charge in [-0.3, -0.25) is 4.79 Å². The summed E-state index contributed by atoms with van der Waals surface area (Å²) in [6.45, 7) is 5.36. The number of rotatable bonds is 6. The van der Waals surface area contributed by atoms with E-state index >= 15 is 0 Å². The summed E-state index contributed by atoms with van der Waals surface area (Å²) in [5.41, 5.74) is 1.02. The van der Waals surface area contributed by atoms with Crippen LogP contribution in [-0.4, -0.2) is 68.8 Å². The second-order valence-electron chi connectivity index (χ2n) is 5.83. The monoisotopic (exact) mass is 306 g/mol. The minimum Gasteiger partial charge on any atom is -0.494 e. The molecule has 0 aromatic heterocycles. The smallest absolute Gasteiger partial charge is 0.227 e. The summed E-state index contributed by atoms with van der Waals surface area (Å²) in [6.07, 6.45) is 0.427. The Kier molecular flexibility index (Phi) is 6.21. The Morgan fingerprint density at radius 2 is 2.09 bits per heavy atom. The van der Waals surface area contributed by atoms with Crippen molar-refractivity contribution in [3.63, 3.8) is 0 Å². The van der Waals surface area contributed by atoms with Crippen molar-refractivity contribution in [3.8, 4) is 5.75 Å². The number of hydrogen-bond acceptors (Lipinski definition) is 4. The Bertz CT molecular complexity index is 473. The molecule has 1 saturated heterocycles. The van der Waals surface area contributed by atoms with Gasteiger partial charge in [0, 0.05) is 13.1 Å². The summed E-state index contributed by atoms with van der Waals surface area (Å²) in [6, 6.07) is 7.90. The molecule has 1 aliphatic heterocycles. The van der Waals surface area contributed by atoms with Gasteiger partial charge in [-0.1, -0.05) is 12.1 Å². The SMILES string of the molecule is CCOc1ccc(CC(=O)N2CCOCC2CN(C)C)cc1. The number of hydrogen-bond donors (Lipinski definition) is 0. The maximum absolute atomic E-state index is 12.6. The van der Waals surface area contributed by atoms with Crippen LogP contribution in [0.3, 0.4) is 0 Å². The molecule has 2 rings (SSSR count). The number of carbonyl (C=O) groups excluding carboxylic acids is 1. The lowest BCUT2D eigenvalue weighted by Gasteiger charge is -2.37. The standard InChI is InChI=1S/C17H26N2O3/c1-4-22-16-7-5-14(6-8-16)11-17(20)19-9-10-21-13-15(19)12-18(2)3/h5-8,15H,4,9-13H2,1-3H3. The Balaban J connectivity index is 1.97. The minimum atomic E-state index is 0.138. The Morgan fingerprint density at radius 1 is 1.36 bits per heavy atom. The van der Waals surface area contributed by atoms with E-state index < -0.39 is 0 Å². The molecule has 0 spiro atoms. The van der Waals surface area contributed by atoms with Crippen molar-refractivity contribution in [2.24, 2.45) is 0 Å². The first-order valence-electron chi connectivity index (χ1n) is 7.84. The first-order chi connectivity index (χ1) is 10.6. The fourth-order valence-electron chi connectivity index (χ4n) is 2.70. The van der Waals surface area contributed by atoms with Crippen molar-refractivity contribution >= 4 is 5.91 Å². The molecule has 1 amide bonds. The molecule has 0 saturated carbocycles. The molecule has 0 radical (unpaired) electrons. The molecular formula is C17H26N2O3. The van der Waals surface area contributed by atoms with E-state index in [2.05, 4.69) is 4.90 Å². The predicted molar refractivity (Wildman–Crippen MR) is 86.2 cm³/mol. The lowest BCUT2D eigenvalue weighted by Crippen LogP contribution is -2.53. The van der Waals surface area contributed by atoms with E-state index in [0.29, 0.717) is 32.8 Å². The van der Waals surface area contributed by atoms with E-state index in [1.165, 1.54) is 0 Å². The predicted octanol–water partition coefficient (Wildman–Crippen LogP) is 1.42. The van der Waals surface area contributed by atoms with Crippen LogP contribution in [0.2, 0.25) is 0 Å². The van der Waals surface area contributed by atoms with Crippen LogP contribution in [0.15, 0.2) is 24.3 Å². The van der Waals surface area contributed by atoms with E-state index in [1.807, 2.05) is 50.2 Å². The molecule has 0 bridgehead atoms. The molecule has 1 aliphatic rings. The Morgan fingerprint density at radius 3 is 2.73 bits per heavy atom. The topological polar surface area (TPSA) is 42.0 Å². The molecule has 1 atom stereocenters. The van der Waals surface area contributed by atoms with E-state index in [0.717, 1.165) is 17.9 Å². The van der Waals surface area contributed by atoms with Gasteiger partial charge in [0.25, 0.3) is 0 Å². The van der Waals surface area contributed by atoms with Crippen molar-refractivity contribution in [1.29, 1.82) is 0 Å². The minimum absolute atomic E-state index is 0.138. The van der Waals surface area contributed by atoms with Gasteiger partial charge in [-0.2, -0.15) is 0 Å². The summed E-state index contributed by atoms with van der Waals surface area (Å²) in [5.74, 6) is 1.01. The molecule has 1 heterocycles. The molecule has 0 N–H and O–H groups in total. The zero-order chi connectivity index (χ0) is 15.9. The Hall–Kier alpha value is -1.59. The third-order valence-corrected chi connectivity index (χ3v) is 3.71. The van der Waals surface area contributed by atoms with Crippen LogP contribution in [0.25, 0.3) is 0 Å². The summed E-state index contributed by atoms with van der Waals surface area (Å²) >= 11 is 0. The second-order valence-corrected chi connectivity index (χ2v) is 5.83. The van der Waals surface area contributed by atoms with Crippen LogP contribution >= 0.6 is 0 Å². The van der Waals surface area contributed by atoms with E-state index in [4.69, 9.17) is 9.47 Å². The molecule has 1 aromatic rings. The lowest BCUT2D eigenvalue weighted by atomic mass is 10.1. The van der Waals surface area contributed by atoms with Crippen LogP contribution in [-0.2, 0) is 16.0 Å². The first-order valence-corrected chi connectivity index (χ1v) is 7.84. The number of likely N-dealkylation sites (N-methyl/N-ethyl adjacent to an activating group) is 1. The van der Waals surface area contributed by atoms with Gasteiger partial charge in [-0.25, -0.2) is 0 Å². The van der Waals surface area contributed by atoms with Crippen LogP contribution in [0.5, 0.6) is 5.75 Å². The summed E-state index contributed by atoms with van der Waals surface area (Å²) in [5, 5.41) is 0. The van der Waals surface area contributed by atoms with Gasteiger partial charge in [-0.05, 0) is 38.7 Å². The molecule has 0 aliphatic carbocycles. The van der Waals surface area contributed by atoms with Gasteiger partial charge in [-0.15, -0.1) is 0 Å². The van der Waals surface area contributed by atoms with Crippen molar-refractivity contribution in [1.82, 2.24) is 9.80 Å². The van der Waals surface area contributed by atoms with Gasteiger partial charge in [0.15, 0.2) is 0 Å². The highest BCUT2D eigenvalue weighted by molar-refractivity contribution is 5.79. The zero-order valence-electron chi connectivity index (χ0n) is 13.7. The Labute approximate surface area is 132 Å². The van der Waals surface area contributed by atoms with Gasteiger partial charge in [0.1, 0.15) is 5.75 Å². The van der Waals surface area contributed by atoms with Crippen molar-refractivity contribution in [2.75, 3.05) is 47.0 Å². The molecule has 1 aromatic carbocycles. The average molecular weight is 306 g/mol. The molecule has 122 valence electrons. The molecule has 1 unspecified atom stereocenters. The van der Waals surface area contributed by atoms with E-state index in [-0.39, 0.29) is 11.9 Å². The summed E-state index contributed by atoms with van der Waals surface area (Å²) in [4.78, 5) is 16.6. The highest BCUT2D eigenvalue weighted by Gasteiger charge is 2.27. The van der Waals surface area contributed by atoms with Crippen LogP contribution < -0.4 is 4.74 Å². The fraction of sp³-hybridized carbons (Fsp3) is 0.588. The fourth-order valence-corrected chi connectivity index (χ4v) is 2.70. The van der Waals surface area contributed by atoms with Crippen LogP contribution in [0, 0.1) is 0 Å². The zero-order valence-corrected chi connectivity index (χ0v) is 13.7. The number of morpholine rings is 1. The normalized spacial score (nSPS) is 18.5. The number of ether oxygens (including phenoxy) is 2. The summed E-state index contributed by atoms with van der Waals surface area (Å²) < 4.78 is 10.9. The number of carbonyl (C=O) groups is 1.